The zero-order chi connectivity index (χ0) is 15.9. The Labute approximate surface area is 131 Å². The normalized spacial score (nSPS) is 21.4. The summed E-state index contributed by atoms with van der Waals surface area (Å²) < 4.78 is 5.64. The summed E-state index contributed by atoms with van der Waals surface area (Å²) in [5.74, 6) is 0.167. The van der Waals surface area contributed by atoms with E-state index in [4.69, 9.17) is 10.00 Å². The highest BCUT2D eigenvalue weighted by atomic mass is 16.5. The number of ether oxygens (including phenoxy) is 1. The van der Waals surface area contributed by atoms with Gasteiger partial charge in [0, 0.05) is 32.6 Å². The molecule has 5 heteroatoms. The van der Waals surface area contributed by atoms with Crippen LogP contribution in [0.3, 0.4) is 0 Å². The topological polar surface area (TPSA) is 65.4 Å². The van der Waals surface area contributed by atoms with Crippen molar-refractivity contribution >= 4 is 5.91 Å². The van der Waals surface area contributed by atoms with Gasteiger partial charge in [-0.25, -0.2) is 0 Å². The first kappa shape index (κ1) is 16.5. The molecule has 1 heterocycles. The Bertz CT molecular complexity index is 543. The molecule has 1 amide bonds. The Kier molecular flexibility index (Phi) is 5.93. The summed E-state index contributed by atoms with van der Waals surface area (Å²) >= 11 is 0. The summed E-state index contributed by atoms with van der Waals surface area (Å²) in [6.07, 6.45) is 0.695. The van der Waals surface area contributed by atoms with Crippen molar-refractivity contribution in [2.75, 3.05) is 19.6 Å². The van der Waals surface area contributed by atoms with E-state index in [1.165, 1.54) is 0 Å². The molecule has 1 aromatic rings. The fourth-order valence-corrected chi connectivity index (χ4v) is 2.72. The Hall–Kier alpha value is -1.90. The average Bonchev–Trinajstić information content (AvgIpc) is 2.50. The molecule has 22 heavy (non-hydrogen) atoms. The van der Waals surface area contributed by atoms with Gasteiger partial charge in [0.2, 0.25) is 5.91 Å². The Morgan fingerprint density at radius 1 is 1.41 bits per heavy atom. The van der Waals surface area contributed by atoms with E-state index in [-0.39, 0.29) is 18.1 Å². The molecular weight excluding hydrogens is 278 g/mol. The second-order valence-corrected chi connectivity index (χ2v) is 5.79. The van der Waals surface area contributed by atoms with Gasteiger partial charge in [0.1, 0.15) is 0 Å². The van der Waals surface area contributed by atoms with Crippen LogP contribution in [0.15, 0.2) is 24.3 Å². The predicted molar refractivity (Wildman–Crippen MR) is 84.1 cm³/mol. The highest BCUT2D eigenvalue weighted by Crippen LogP contribution is 2.11. The van der Waals surface area contributed by atoms with Crippen molar-refractivity contribution in [2.45, 2.75) is 39.0 Å². The molecule has 0 aromatic heterocycles. The van der Waals surface area contributed by atoms with Gasteiger partial charge < -0.3 is 15.0 Å². The minimum Gasteiger partial charge on any atom is -0.372 e. The van der Waals surface area contributed by atoms with E-state index in [1.807, 2.05) is 36.9 Å². The monoisotopic (exact) mass is 301 g/mol. The summed E-state index contributed by atoms with van der Waals surface area (Å²) in [7, 11) is 0. The fourth-order valence-electron chi connectivity index (χ4n) is 2.72. The number of hydrogen-bond donors (Lipinski definition) is 1. The van der Waals surface area contributed by atoms with E-state index in [1.54, 1.807) is 6.07 Å². The second kappa shape index (κ2) is 7.92. The van der Waals surface area contributed by atoms with Crippen molar-refractivity contribution in [2.24, 2.45) is 0 Å². The van der Waals surface area contributed by atoms with E-state index in [0.29, 0.717) is 38.2 Å². The highest BCUT2D eigenvalue weighted by molar-refractivity contribution is 5.76. The number of amides is 1. The van der Waals surface area contributed by atoms with Gasteiger partial charge in [-0.1, -0.05) is 12.1 Å². The summed E-state index contributed by atoms with van der Waals surface area (Å²) in [6, 6.07) is 9.62. The molecule has 0 unspecified atom stereocenters. The molecule has 1 aliphatic rings. The number of carbonyl (C=O) groups is 1. The molecule has 1 fully saturated rings. The van der Waals surface area contributed by atoms with E-state index in [2.05, 4.69) is 11.4 Å². The van der Waals surface area contributed by atoms with Gasteiger partial charge in [-0.3, -0.25) is 4.79 Å². The minimum atomic E-state index is 0.106. The summed E-state index contributed by atoms with van der Waals surface area (Å²) in [6.45, 7) is 6.64. The Morgan fingerprint density at radius 3 is 2.82 bits per heavy atom. The van der Waals surface area contributed by atoms with Crippen molar-refractivity contribution in [1.29, 1.82) is 5.26 Å². The smallest absolute Gasteiger partial charge is 0.224 e. The maximum Gasteiger partial charge on any atom is 0.224 e. The molecule has 0 saturated carbocycles. The minimum absolute atomic E-state index is 0.106. The van der Waals surface area contributed by atoms with Crippen molar-refractivity contribution < 1.29 is 9.53 Å². The number of nitriles is 1. The van der Waals surface area contributed by atoms with Crippen LogP contribution in [0.1, 0.15) is 31.4 Å². The molecule has 0 aliphatic carbocycles. The largest absolute Gasteiger partial charge is 0.372 e. The number of carbonyl (C=O) groups excluding carboxylic acids is 1. The molecule has 2 rings (SSSR count). The van der Waals surface area contributed by atoms with Crippen LogP contribution in [0.4, 0.5) is 0 Å². The first-order valence-electron chi connectivity index (χ1n) is 7.71. The van der Waals surface area contributed by atoms with Crippen LogP contribution < -0.4 is 5.32 Å². The SMILES string of the molecule is C[C@@H]1CN(C(=O)CCNCc2cccc(C#N)c2)C[C@H](C)O1. The zero-order valence-corrected chi connectivity index (χ0v) is 13.2. The number of hydrogen-bond acceptors (Lipinski definition) is 4. The fraction of sp³-hybridized carbons (Fsp3) is 0.529. The number of benzene rings is 1. The highest BCUT2D eigenvalue weighted by Gasteiger charge is 2.25. The molecule has 0 spiro atoms. The van der Waals surface area contributed by atoms with Crippen molar-refractivity contribution in [1.82, 2.24) is 10.2 Å². The first-order chi connectivity index (χ1) is 10.6. The van der Waals surface area contributed by atoms with Gasteiger partial charge in [-0.2, -0.15) is 5.26 Å². The summed E-state index contributed by atoms with van der Waals surface area (Å²) in [5.41, 5.74) is 1.71. The number of rotatable bonds is 5. The van der Waals surface area contributed by atoms with Gasteiger partial charge >= 0.3 is 0 Å². The van der Waals surface area contributed by atoms with Crippen LogP contribution in [-0.4, -0.2) is 42.6 Å². The lowest BCUT2D eigenvalue weighted by atomic mass is 10.1. The van der Waals surface area contributed by atoms with Gasteiger partial charge in [0.25, 0.3) is 0 Å². The maximum atomic E-state index is 12.2. The lowest BCUT2D eigenvalue weighted by molar-refractivity contribution is -0.143. The molecule has 1 aliphatic heterocycles. The third-order valence-corrected chi connectivity index (χ3v) is 3.67. The first-order valence-corrected chi connectivity index (χ1v) is 7.71. The van der Waals surface area contributed by atoms with Crippen LogP contribution in [0.2, 0.25) is 0 Å². The average molecular weight is 301 g/mol. The lowest BCUT2D eigenvalue weighted by Gasteiger charge is -2.35. The molecule has 1 saturated heterocycles. The third kappa shape index (κ3) is 4.83. The van der Waals surface area contributed by atoms with Gasteiger partial charge in [-0.05, 0) is 31.5 Å². The molecule has 1 aromatic carbocycles. The van der Waals surface area contributed by atoms with Crippen molar-refractivity contribution in [3.8, 4) is 6.07 Å². The molecule has 0 radical (unpaired) electrons. The van der Waals surface area contributed by atoms with Gasteiger partial charge in [-0.15, -0.1) is 0 Å². The van der Waals surface area contributed by atoms with Crippen LogP contribution in [0.5, 0.6) is 0 Å². The molecular formula is C17H23N3O2. The Morgan fingerprint density at radius 2 is 2.14 bits per heavy atom. The number of nitrogens with one attached hydrogen (secondary N) is 1. The van der Waals surface area contributed by atoms with Gasteiger partial charge in [0.15, 0.2) is 0 Å². The van der Waals surface area contributed by atoms with Crippen molar-refractivity contribution in [3.05, 3.63) is 35.4 Å². The maximum absolute atomic E-state index is 12.2. The summed E-state index contributed by atoms with van der Waals surface area (Å²) in [4.78, 5) is 14.1. The molecule has 1 N–H and O–H groups in total. The van der Waals surface area contributed by atoms with E-state index in [9.17, 15) is 4.79 Å². The van der Waals surface area contributed by atoms with Crippen LogP contribution in [0.25, 0.3) is 0 Å². The number of morpholine rings is 1. The quantitative estimate of drug-likeness (QED) is 0.840. The van der Waals surface area contributed by atoms with Crippen LogP contribution in [0, 0.1) is 11.3 Å². The second-order valence-electron chi connectivity index (χ2n) is 5.79. The third-order valence-electron chi connectivity index (χ3n) is 3.67. The molecule has 2 atom stereocenters. The molecule has 5 nitrogen and oxygen atoms in total. The standard InChI is InChI=1S/C17H23N3O2/c1-13-11-20(12-14(2)22-13)17(21)6-7-19-10-16-5-3-4-15(8-16)9-18/h3-5,8,13-14,19H,6-7,10-12H2,1-2H3/t13-,14+. The Balaban J connectivity index is 1.72. The summed E-state index contributed by atoms with van der Waals surface area (Å²) in [5, 5.41) is 12.1. The van der Waals surface area contributed by atoms with Crippen LogP contribution in [-0.2, 0) is 16.1 Å². The van der Waals surface area contributed by atoms with E-state index in [0.717, 1.165) is 5.56 Å². The lowest BCUT2D eigenvalue weighted by Crippen LogP contribution is -2.48. The van der Waals surface area contributed by atoms with Crippen LogP contribution >= 0.6 is 0 Å². The molecule has 118 valence electrons. The predicted octanol–water partition coefficient (Wildman–Crippen LogP) is 1.67. The zero-order valence-electron chi connectivity index (χ0n) is 13.2. The molecule has 0 bridgehead atoms. The van der Waals surface area contributed by atoms with E-state index >= 15 is 0 Å². The van der Waals surface area contributed by atoms with Gasteiger partial charge in [0.05, 0.1) is 23.8 Å². The van der Waals surface area contributed by atoms with Crippen molar-refractivity contribution in [3.63, 3.8) is 0 Å². The van der Waals surface area contributed by atoms with E-state index < -0.39 is 0 Å². The number of nitrogens with zero attached hydrogens (tertiary/aromatic N) is 2.